The first-order chi connectivity index (χ1) is 16.6. The van der Waals surface area contributed by atoms with Gasteiger partial charge >= 0.3 is 0 Å². The number of rotatable bonds is 11. The third-order valence-electron chi connectivity index (χ3n) is 5.62. The highest BCUT2D eigenvalue weighted by molar-refractivity contribution is 7.92. The normalized spacial score (nSPS) is 15.5. The molecule has 1 N–H and O–H groups in total. The van der Waals surface area contributed by atoms with Gasteiger partial charge in [0.25, 0.3) is 0 Å². The van der Waals surface area contributed by atoms with Crippen molar-refractivity contribution < 1.29 is 30.8 Å². The number of hydrogen-bond acceptors (Lipinski definition) is 6. The smallest absolute Gasteiger partial charge is 0.244 e. The quantitative estimate of drug-likeness (QED) is 0.449. The van der Waals surface area contributed by atoms with Crippen LogP contribution in [0.1, 0.15) is 26.2 Å². The Morgan fingerprint density at radius 3 is 2.29 bits per heavy atom. The molecule has 2 aromatic carbocycles. The van der Waals surface area contributed by atoms with E-state index in [1.807, 2.05) is 0 Å². The summed E-state index contributed by atoms with van der Waals surface area (Å²) in [6, 6.07) is 10.3. The summed E-state index contributed by atoms with van der Waals surface area (Å²) < 4.78 is 72.1. The van der Waals surface area contributed by atoms with Gasteiger partial charge in [-0.25, -0.2) is 21.2 Å². The number of anilines is 1. The molecular weight excluding hydrogens is 497 g/mol. The Labute approximate surface area is 206 Å². The summed E-state index contributed by atoms with van der Waals surface area (Å²) in [5, 5.41) is 2.62. The van der Waals surface area contributed by atoms with Crippen LogP contribution in [0, 0.1) is 5.82 Å². The Bertz CT molecular complexity index is 1230. The van der Waals surface area contributed by atoms with E-state index in [0.29, 0.717) is 18.8 Å². The van der Waals surface area contributed by atoms with Crippen molar-refractivity contribution in [3.63, 3.8) is 0 Å². The maximum atomic E-state index is 14.3. The summed E-state index contributed by atoms with van der Waals surface area (Å²) in [6.07, 6.45) is 2.76. The molecule has 1 fully saturated rings. The Morgan fingerprint density at radius 2 is 1.71 bits per heavy atom. The SMILES string of the molecule is CC[C@H](C(=O)NCCOc1ccc(S(=O)(=O)N2CCCC2)cc1)N(c1ccccc1F)S(C)(=O)=O. The minimum atomic E-state index is -3.94. The van der Waals surface area contributed by atoms with Crippen LogP contribution in [0.25, 0.3) is 0 Å². The second kappa shape index (κ2) is 11.4. The molecule has 0 radical (unpaired) electrons. The number of carbonyl (C=O) groups is 1. The molecular formula is C23H30FN3O6S2. The molecule has 2 aromatic rings. The molecule has 0 bridgehead atoms. The summed E-state index contributed by atoms with van der Waals surface area (Å²) in [4.78, 5) is 13.0. The molecule has 0 unspecified atom stereocenters. The maximum absolute atomic E-state index is 14.3. The van der Waals surface area contributed by atoms with Crippen LogP contribution >= 0.6 is 0 Å². The lowest BCUT2D eigenvalue weighted by Gasteiger charge is -2.30. The van der Waals surface area contributed by atoms with Crippen molar-refractivity contribution in [2.75, 3.05) is 36.8 Å². The first-order valence-corrected chi connectivity index (χ1v) is 14.6. The van der Waals surface area contributed by atoms with Gasteiger partial charge in [-0.15, -0.1) is 0 Å². The molecule has 0 aromatic heterocycles. The molecule has 9 nitrogen and oxygen atoms in total. The molecule has 3 rings (SSSR count). The van der Waals surface area contributed by atoms with E-state index in [4.69, 9.17) is 4.74 Å². The summed E-state index contributed by atoms with van der Waals surface area (Å²) >= 11 is 0. The molecule has 1 saturated heterocycles. The van der Waals surface area contributed by atoms with Crippen LogP contribution in [-0.4, -0.2) is 65.6 Å². The van der Waals surface area contributed by atoms with E-state index in [-0.39, 0.29) is 30.2 Å². The van der Waals surface area contributed by atoms with Gasteiger partial charge in [0.2, 0.25) is 26.0 Å². The molecule has 1 aliphatic rings. The van der Waals surface area contributed by atoms with Gasteiger partial charge in [-0.2, -0.15) is 4.31 Å². The van der Waals surface area contributed by atoms with Crippen molar-refractivity contribution in [2.24, 2.45) is 0 Å². The van der Waals surface area contributed by atoms with Crippen molar-refractivity contribution >= 4 is 31.6 Å². The average Bonchev–Trinajstić information content (AvgIpc) is 3.36. The van der Waals surface area contributed by atoms with Gasteiger partial charge < -0.3 is 10.1 Å². The maximum Gasteiger partial charge on any atom is 0.244 e. The van der Waals surface area contributed by atoms with Crippen molar-refractivity contribution in [3.8, 4) is 5.75 Å². The minimum Gasteiger partial charge on any atom is -0.492 e. The number of halogens is 1. The second-order valence-electron chi connectivity index (χ2n) is 8.16. The molecule has 12 heteroatoms. The third-order valence-corrected chi connectivity index (χ3v) is 8.69. The van der Waals surface area contributed by atoms with Crippen LogP contribution in [0.3, 0.4) is 0 Å². The summed E-state index contributed by atoms with van der Waals surface area (Å²) in [5.74, 6) is -0.907. The van der Waals surface area contributed by atoms with Crippen molar-refractivity contribution in [3.05, 3.63) is 54.3 Å². The highest BCUT2D eigenvalue weighted by atomic mass is 32.2. The Morgan fingerprint density at radius 1 is 1.09 bits per heavy atom. The van der Waals surface area contributed by atoms with Crippen molar-refractivity contribution in [2.45, 2.75) is 37.1 Å². The zero-order valence-corrected chi connectivity index (χ0v) is 21.3. The van der Waals surface area contributed by atoms with Gasteiger partial charge in [0.15, 0.2) is 0 Å². The third kappa shape index (κ3) is 6.50. The minimum absolute atomic E-state index is 0.0675. The Hall–Kier alpha value is -2.70. The number of para-hydroxylation sites is 1. The van der Waals surface area contributed by atoms with Crippen LogP contribution in [0.15, 0.2) is 53.4 Å². The molecule has 192 valence electrons. The predicted octanol–water partition coefficient (Wildman–Crippen LogP) is 2.35. The lowest BCUT2D eigenvalue weighted by atomic mass is 10.2. The molecule has 0 spiro atoms. The molecule has 1 amide bonds. The first-order valence-electron chi connectivity index (χ1n) is 11.3. The first kappa shape index (κ1) is 26.9. The fraction of sp³-hybridized carbons (Fsp3) is 0.435. The van der Waals surface area contributed by atoms with Crippen molar-refractivity contribution in [1.29, 1.82) is 0 Å². The van der Waals surface area contributed by atoms with Gasteiger partial charge in [-0.3, -0.25) is 9.10 Å². The lowest BCUT2D eigenvalue weighted by molar-refractivity contribution is -0.122. The molecule has 35 heavy (non-hydrogen) atoms. The molecule has 1 aliphatic heterocycles. The van der Waals surface area contributed by atoms with Crippen LogP contribution < -0.4 is 14.4 Å². The highest BCUT2D eigenvalue weighted by Crippen LogP contribution is 2.26. The number of amides is 1. The number of nitrogens with zero attached hydrogens (tertiary/aromatic N) is 2. The number of benzene rings is 2. The van der Waals surface area contributed by atoms with Crippen LogP contribution in [-0.2, 0) is 24.8 Å². The van der Waals surface area contributed by atoms with E-state index in [2.05, 4.69) is 5.32 Å². The number of ether oxygens (including phenoxy) is 1. The summed E-state index contributed by atoms with van der Waals surface area (Å²) in [7, 11) is -7.45. The standard InChI is InChI=1S/C23H30FN3O6S2/c1-3-21(27(34(2,29)30)22-9-5-4-8-20(22)24)23(28)25-14-17-33-18-10-12-19(13-11-18)35(31,32)26-15-6-7-16-26/h4-5,8-13,21H,3,6-7,14-17H2,1-2H3,(H,25,28)/t21-/m1/s1. The molecule has 1 heterocycles. The summed E-state index contributed by atoms with van der Waals surface area (Å²) in [5.41, 5.74) is -0.197. The average molecular weight is 528 g/mol. The second-order valence-corrected chi connectivity index (χ2v) is 12.0. The van der Waals surface area contributed by atoms with Gasteiger partial charge in [0.1, 0.15) is 24.2 Å². The number of carbonyl (C=O) groups excluding carboxylic acids is 1. The van der Waals surface area contributed by atoms with E-state index >= 15 is 0 Å². The Kier molecular flexibility index (Phi) is 8.73. The molecule has 1 atom stereocenters. The predicted molar refractivity (Wildman–Crippen MR) is 131 cm³/mol. The Balaban J connectivity index is 1.58. The fourth-order valence-electron chi connectivity index (χ4n) is 3.91. The topological polar surface area (TPSA) is 113 Å². The van der Waals surface area contributed by atoms with Gasteiger partial charge in [0.05, 0.1) is 23.4 Å². The zero-order valence-electron chi connectivity index (χ0n) is 19.7. The van der Waals surface area contributed by atoms with Crippen LogP contribution in [0.2, 0.25) is 0 Å². The van der Waals surface area contributed by atoms with Gasteiger partial charge in [0, 0.05) is 13.1 Å². The van der Waals surface area contributed by atoms with Gasteiger partial charge in [-0.05, 0) is 55.7 Å². The zero-order chi connectivity index (χ0) is 25.6. The van der Waals surface area contributed by atoms with E-state index < -0.39 is 37.8 Å². The van der Waals surface area contributed by atoms with Crippen LogP contribution in [0.5, 0.6) is 5.75 Å². The molecule has 0 saturated carbocycles. The number of hydrogen-bond donors (Lipinski definition) is 1. The highest BCUT2D eigenvalue weighted by Gasteiger charge is 2.33. The molecule has 0 aliphatic carbocycles. The van der Waals surface area contributed by atoms with Gasteiger partial charge in [-0.1, -0.05) is 19.1 Å². The van der Waals surface area contributed by atoms with E-state index in [1.54, 1.807) is 19.1 Å². The largest absolute Gasteiger partial charge is 0.492 e. The van der Waals surface area contributed by atoms with Crippen molar-refractivity contribution in [1.82, 2.24) is 9.62 Å². The van der Waals surface area contributed by atoms with Crippen LogP contribution in [0.4, 0.5) is 10.1 Å². The monoisotopic (exact) mass is 527 g/mol. The summed E-state index contributed by atoms with van der Waals surface area (Å²) in [6.45, 7) is 2.81. The number of sulfonamides is 2. The van der Waals surface area contributed by atoms with E-state index in [0.717, 1.165) is 29.5 Å². The fourth-order valence-corrected chi connectivity index (χ4v) is 6.64. The lowest BCUT2D eigenvalue weighted by Crippen LogP contribution is -2.50. The van der Waals surface area contributed by atoms with E-state index in [1.165, 1.54) is 34.6 Å². The number of nitrogens with one attached hydrogen (secondary N) is 1. The van der Waals surface area contributed by atoms with E-state index in [9.17, 15) is 26.0 Å².